The normalized spacial score (nSPS) is 19.2. The molecule has 1 fully saturated rings. The Hall–Kier alpha value is -1.88. The van der Waals surface area contributed by atoms with Gasteiger partial charge in [0.2, 0.25) is 0 Å². The molecular formula is C17H23NO4. The molecule has 1 aliphatic rings. The van der Waals surface area contributed by atoms with Crippen LogP contribution in [0, 0.1) is 5.41 Å². The Morgan fingerprint density at radius 2 is 1.55 bits per heavy atom. The molecule has 0 aliphatic carbocycles. The van der Waals surface area contributed by atoms with Crippen LogP contribution in [0.5, 0.6) is 0 Å². The number of carbonyl (C=O) groups excluding carboxylic acids is 2. The van der Waals surface area contributed by atoms with Gasteiger partial charge in [-0.15, -0.1) is 0 Å². The smallest absolute Gasteiger partial charge is 0.323 e. The van der Waals surface area contributed by atoms with Gasteiger partial charge in [-0.25, -0.2) is 0 Å². The van der Waals surface area contributed by atoms with Crippen LogP contribution in [0.3, 0.4) is 0 Å². The molecular weight excluding hydrogens is 282 g/mol. The Kier molecular flexibility index (Phi) is 5.19. The van der Waals surface area contributed by atoms with E-state index in [9.17, 15) is 9.59 Å². The van der Waals surface area contributed by atoms with Crippen LogP contribution < -0.4 is 0 Å². The summed E-state index contributed by atoms with van der Waals surface area (Å²) in [6.07, 6.45) is 0.840. The molecule has 2 rings (SSSR count). The second-order valence-corrected chi connectivity index (χ2v) is 5.69. The predicted octanol–water partition coefficient (Wildman–Crippen LogP) is 2.18. The van der Waals surface area contributed by atoms with E-state index in [-0.39, 0.29) is 6.04 Å². The molecule has 1 aromatic rings. The Morgan fingerprint density at radius 3 is 2.00 bits per heavy atom. The number of esters is 2. The van der Waals surface area contributed by atoms with Gasteiger partial charge in [0.25, 0.3) is 0 Å². The van der Waals surface area contributed by atoms with Gasteiger partial charge in [-0.2, -0.15) is 0 Å². The molecule has 0 amide bonds. The standard InChI is InChI=1S/C17H23NO4/c1-13(14-7-5-4-6-8-14)18-11-9-17(10-12-18,15(19)21-2)16(20)22-3/h4-8,13H,9-12H2,1-3H3/t13-/m0/s1. The van der Waals surface area contributed by atoms with Gasteiger partial charge in [-0.1, -0.05) is 30.3 Å². The number of carbonyl (C=O) groups is 2. The summed E-state index contributed by atoms with van der Waals surface area (Å²) in [7, 11) is 2.62. The number of likely N-dealkylation sites (tertiary alicyclic amines) is 1. The van der Waals surface area contributed by atoms with Gasteiger partial charge in [0.1, 0.15) is 0 Å². The molecule has 0 saturated carbocycles. The monoisotopic (exact) mass is 305 g/mol. The molecule has 1 aliphatic heterocycles. The maximum absolute atomic E-state index is 12.1. The highest BCUT2D eigenvalue weighted by atomic mass is 16.5. The van der Waals surface area contributed by atoms with Gasteiger partial charge in [0, 0.05) is 19.1 Å². The lowest BCUT2D eigenvalue weighted by molar-refractivity contribution is -0.173. The van der Waals surface area contributed by atoms with E-state index in [0.29, 0.717) is 25.9 Å². The fourth-order valence-corrected chi connectivity index (χ4v) is 3.12. The van der Waals surface area contributed by atoms with Crippen molar-refractivity contribution in [2.24, 2.45) is 5.41 Å². The molecule has 0 spiro atoms. The minimum absolute atomic E-state index is 0.245. The topological polar surface area (TPSA) is 55.8 Å². The molecule has 0 aromatic heterocycles. The summed E-state index contributed by atoms with van der Waals surface area (Å²) in [5.41, 5.74) is 0.0716. The number of rotatable bonds is 4. The summed E-state index contributed by atoms with van der Waals surface area (Å²) in [5.74, 6) is -0.988. The maximum Gasteiger partial charge on any atom is 0.323 e. The number of piperidine rings is 1. The van der Waals surface area contributed by atoms with E-state index in [0.717, 1.165) is 0 Å². The number of methoxy groups -OCH3 is 2. The molecule has 22 heavy (non-hydrogen) atoms. The molecule has 1 aromatic carbocycles. The largest absolute Gasteiger partial charge is 0.468 e. The number of hydrogen-bond donors (Lipinski definition) is 0. The van der Waals surface area contributed by atoms with Gasteiger partial charge in [0.15, 0.2) is 5.41 Å². The van der Waals surface area contributed by atoms with E-state index in [2.05, 4.69) is 24.0 Å². The number of hydrogen-bond acceptors (Lipinski definition) is 5. The fraction of sp³-hybridized carbons (Fsp3) is 0.529. The summed E-state index contributed by atoms with van der Waals surface area (Å²) in [6.45, 7) is 3.44. The average Bonchev–Trinajstić information content (AvgIpc) is 2.60. The summed E-state index contributed by atoms with van der Waals surface area (Å²) < 4.78 is 9.68. The minimum atomic E-state index is -1.16. The van der Waals surface area contributed by atoms with E-state index < -0.39 is 17.4 Å². The highest BCUT2D eigenvalue weighted by Crippen LogP contribution is 2.37. The van der Waals surface area contributed by atoms with Gasteiger partial charge < -0.3 is 9.47 Å². The summed E-state index contributed by atoms with van der Waals surface area (Å²) in [5, 5.41) is 0. The zero-order valence-corrected chi connectivity index (χ0v) is 13.4. The first-order chi connectivity index (χ1) is 10.5. The van der Waals surface area contributed by atoms with Crippen molar-refractivity contribution in [2.75, 3.05) is 27.3 Å². The molecule has 1 atom stereocenters. The zero-order chi connectivity index (χ0) is 16.2. The summed E-state index contributed by atoms with van der Waals surface area (Å²) >= 11 is 0. The third kappa shape index (κ3) is 2.99. The Morgan fingerprint density at radius 1 is 1.05 bits per heavy atom. The second kappa shape index (κ2) is 6.92. The van der Waals surface area contributed by atoms with Gasteiger partial charge in [0.05, 0.1) is 14.2 Å². The lowest BCUT2D eigenvalue weighted by Crippen LogP contribution is -2.50. The fourth-order valence-electron chi connectivity index (χ4n) is 3.12. The highest BCUT2D eigenvalue weighted by Gasteiger charge is 2.50. The minimum Gasteiger partial charge on any atom is -0.468 e. The van der Waals surface area contributed by atoms with Crippen LogP contribution in [0.4, 0.5) is 0 Å². The van der Waals surface area contributed by atoms with E-state index in [1.54, 1.807) is 0 Å². The Bertz CT molecular complexity index is 503. The molecule has 0 bridgehead atoms. The summed E-state index contributed by atoms with van der Waals surface area (Å²) in [4.78, 5) is 26.5. The first-order valence-electron chi connectivity index (χ1n) is 7.51. The molecule has 0 N–H and O–H groups in total. The number of nitrogens with zero attached hydrogens (tertiary/aromatic N) is 1. The lowest BCUT2D eigenvalue weighted by atomic mass is 9.78. The van der Waals surface area contributed by atoms with Crippen molar-refractivity contribution in [3.8, 4) is 0 Å². The molecule has 5 heteroatoms. The average molecular weight is 305 g/mol. The van der Waals surface area contributed by atoms with Crippen LogP contribution in [0.15, 0.2) is 30.3 Å². The van der Waals surface area contributed by atoms with E-state index in [4.69, 9.17) is 9.47 Å². The first kappa shape index (κ1) is 16.5. The van der Waals surface area contributed by atoms with Crippen molar-refractivity contribution in [2.45, 2.75) is 25.8 Å². The van der Waals surface area contributed by atoms with E-state index in [1.807, 2.05) is 18.2 Å². The van der Waals surface area contributed by atoms with Crippen molar-refractivity contribution in [1.82, 2.24) is 4.90 Å². The Labute approximate surface area is 131 Å². The van der Waals surface area contributed by atoms with Gasteiger partial charge >= 0.3 is 11.9 Å². The van der Waals surface area contributed by atoms with Crippen molar-refractivity contribution in [3.05, 3.63) is 35.9 Å². The first-order valence-corrected chi connectivity index (χ1v) is 7.51. The lowest BCUT2D eigenvalue weighted by Gasteiger charge is -2.40. The highest BCUT2D eigenvalue weighted by molar-refractivity contribution is 6.00. The van der Waals surface area contributed by atoms with Crippen LogP contribution in [-0.2, 0) is 19.1 Å². The van der Waals surface area contributed by atoms with Crippen molar-refractivity contribution >= 4 is 11.9 Å². The zero-order valence-electron chi connectivity index (χ0n) is 13.4. The molecule has 5 nitrogen and oxygen atoms in total. The SMILES string of the molecule is COC(=O)C1(C(=O)OC)CCN([C@@H](C)c2ccccc2)CC1. The second-order valence-electron chi connectivity index (χ2n) is 5.69. The molecule has 0 unspecified atom stereocenters. The molecule has 0 radical (unpaired) electrons. The molecule has 120 valence electrons. The van der Waals surface area contributed by atoms with Crippen molar-refractivity contribution < 1.29 is 19.1 Å². The van der Waals surface area contributed by atoms with Crippen LogP contribution in [-0.4, -0.2) is 44.1 Å². The number of ether oxygens (including phenoxy) is 2. The third-order valence-corrected chi connectivity index (χ3v) is 4.63. The molecule has 1 heterocycles. The number of benzene rings is 1. The van der Waals surface area contributed by atoms with E-state index >= 15 is 0 Å². The van der Waals surface area contributed by atoms with Crippen molar-refractivity contribution in [1.29, 1.82) is 0 Å². The van der Waals surface area contributed by atoms with Crippen LogP contribution in [0.1, 0.15) is 31.4 Å². The maximum atomic E-state index is 12.1. The summed E-state index contributed by atoms with van der Waals surface area (Å²) in [6, 6.07) is 10.5. The van der Waals surface area contributed by atoms with Gasteiger partial charge in [-0.05, 0) is 25.3 Å². The van der Waals surface area contributed by atoms with Gasteiger partial charge in [-0.3, -0.25) is 14.5 Å². The third-order valence-electron chi connectivity index (χ3n) is 4.63. The van der Waals surface area contributed by atoms with Crippen LogP contribution in [0.25, 0.3) is 0 Å². The van der Waals surface area contributed by atoms with Crippen LogP contribution in [0.2, 0.25) is 0 Å². The Balaban J connectivity index is 2.10. The van der Waals surface area contributed by atoms with Crippen molar-refractivity contribution in [3.63, 3.8) is 0 Å². The molecule has 1 saturated heterocycles. The van der Waals surface area contributed by atoms with E-state index in [1.165, 1.54) is 19.8 Å². The quantitative estimate of drug-likeness (QED) is 0.630. The van der Waals surface area contributed by atoms with Crippen LogP contribution >= 0.6 is 0 Å². The predicted molar refractivity (Wildman–Crippen MR) is 82.1 cm³/mol.